The lowest BCUT2D eigenvalue weighted by Crippen LogP contribution is -2.28. The molecule has 2 amide bonds. The van der Waals surface area contributed by atoms with Crippen molar-refractivity contribution in [2.75, 3.05) is 16.8 Å². The maximum atomic E-state index is 12.9. The Morgan fingerprint density at radius 2 is 1.80 bits per heavy atom. The van der Waals surface area contributed by atoms with Gasteiger partial charge in [-0.1, -0.05) is 30.3 Å². The van der Waals surface area contributed by atoms with E-state index in [1.54, 1.807) is 4.90 Å². The van der Waals surface area contributed by atoms with Crippen molar-refractivity contribution in [2.24, 2.45) is 5.92 Å². The summed E-state index contributed by atoms with van der Waals surface area (Å²) in [6.07, 6.45) is 0.214. The Morgan fingerprint density at radius 1 is 1.00 bits per heavy atom. The molecule has 1 atom stereocenters. The molecule has 1 aliphatic heterocycles. The zero-order valence-electron chi connectivity index (χ0n) is 16.9. The minimum Gasteiger partial charge on any atom is -0.456 e. The molecule has 5 nitrogen and oxygen atoms in total. The smallest absolute Gasteiger partial charge is 0.229 e. The molecular formula is C25H22N2O3. The summed E-state index contributed by atoms with van der Waals surface area (Å²) in [6, 6.07) is 19.4. The third-order valence-electron chi connectivity index (χ3n) is 6.01. The Kier molecular flexibility index (Phi) is 4.31. The van der Waals surface area contributed by atoms with Crippen molar-refractivity contribution in [1.82, 2.24) is 0 Å². The highest BCUT2D eigenvalue weighted by atomic mass is 16.3. The van der Waals surface area contributed by atoms with E-state index < -0.39 is 0 Å². The van der Waals surface area contributed by atoms with Gasteiger partial charge < -0.3 is 14.6 Å². The molecule has 0 spiro atoms. The van der Waals surface area contributed by atoms with E-state index in [9.17, 15) is 9.59 Å². The largest absolute Gasteiger partial charge is 0.456 e. The van der Waals surface area contributed by atoms with Gasteiger partial charge in [0.15, 0.2) is 0 Å². The highest BCUT2D eigenvalue weighted by Gasteiger charge is 2.35. The number of nitrogens with one attached hydrogen (secondary N) is 1. The Hall–Kier alpha value is -3.60. The van der Waals surface area contributed by atoms with Crippen LogP contribution in [0.3, 0.4) is 0 Å². The number of benzene rings is 3. The number of amides is 2. The number of fused-ring (bicyclic) bond motifs is 3. The Labute approximate surface area is 174 Å². The van der Waals surface area contributed by atoms with Gasteiger partial charge in [-0.05, 0) is 49.2 Å². The fourth-order valence-corrected chi connectivity index (χ4v) is 4.19. The standard InChI is InChI=1S/C25H22N2O3/c1-15-6-5-8-21(16(15)2)27-14-17(12-24(27)28)25(29)26-18-10-11-20-19-7-3-4-9-22(19)30-23(20)13-18/h3-11,13,17H,12,14H2,1-2H3,(H,26,29)/t17-/m0/s1. The first-order valence-corrected chi connectivity index (χ1v) is 10.1. The Morgan fingerprint density at radius 3 is 2.67 bits per heavy atom. The van der Waals surface area contributed by atoms with E-state index in [0.29, 0.717) is 12.2 Å². The van der Waals surface area contributed by atoms with Crippen LogP contribution in [0.15, 0.2) is 65.1 Å². The first kappa shape index (κ1) is 18.4. The second-order valence-electron chi connectivity index (χ2n) is 7.92. The van der Waals surface area contributed by atoms with Gasteiger partial charge in [-0.15, -0.1) is 0 Å². The zero-order chi connectivity index (χ0) is 20.8. The molecule has 2 heterocycles. The summed E-state index contributed by atoms with van der Waals surface area (Å²) < 4.78 is 5.90. The summed E-state index contributed by atoms with van der Waals surface area (Å²) in [5.41, 5.74) is 5.31. The minimum absolute atomic E-state index is 0.0170. The molecule has 1 N–H and O–H groups in total. The third kappa shape index (κ3) is 3.03. The normalized spacial score (nSPS) is 16.5. The van der Waals surface area contributed by atoms with Crippen molar-refractivity contribution in [3.63, 3.8) is 0 Å². The Balaban J connectivity index is 1.36. The minimum atomic E-state index is -0.385. The molecule has 0 unspecified atom stereocenters. The molecule has 1 fully saturated rings. The molecule has 5 rings (SSSR count). The number of hydrogen-bond donors (Lipinski definition) is 1. The van der Waals surface area contributed by atoms with Crippen LogP contribution in [0.25, 0.3) is 21.9 Å². The Bertz CT molecular complexity index is 1300. The van der Waals surface area contributed by atoms with Crippen LogP contribution in [0.5, 0.6) is 0 Å². The number of rotatable bonds is 3. The topological polar surface area (TPSA) is 62.6 Å². The number of aryl methyl sites for hydroxylation is 1. The fourth-order valence-electron chi connectivity index (χ4n) is 4.19. The molecule has 1 aromatic heterocycles. The molecule has 1 saturated heterocycles. The number of anilines is 2. The van der Waals surface area contributed by atoms with Gasteiger partial charge in [0.25, 0.3) is 0 Å². The molecule has 3 aromatic carbocycles. The van der Waals surface area contributed by atoms with Crippen LogP contribution in [0.4, 0.5) is 11.4 Å². The third-order valence-corrected chi connectivity index (χ3v) is 6.01. The van der Waals surface area contributed by atoms with Gasteiger partial charge in [0.05, 0.1) is 5.92 Å². The SMILES string of the molecule is Cc1cccc(N2C[C@@H](C(=O)Nc3ccc4c(c3)oc3ccccc34)CC2=O)c1C. The zero-order valence-corrected chi connectivity index (χ0v) is 16.9. The van der Waals surface area contributed by atoms with Gasteiger partial charge in [-0.3, -0.25) is 9.59 Å². The molecule has 150 valence electrons. The number of furan rings is 1. The van der Waals surface area contributed by atoms with Crippen LogP contribution in [0.2, 0.25) is 0 Å². The van der Waals surface area contributed by atoms with Crippen molar-refractivity contribution >= 4 is 45.1 Å². The number of carbonyl (C=O) groups excluding carboxylic acids is 2. The first-order valence-electron chi connectivity index (χ1n) is 10.1. The van der Waals surface area contributed by atoms with Gasteiger partial charge in [0.2, 0.25) is 11.8 Å². The van der Waals surface area contributed by atoms with Crippen LogP contribution >= 0.6 is 0 Å². The van der Waals surface area contributed by atoms with Crippen LogP contribution in [-0.2, 0) is 9.59 Å². The number of hydrogen-bond acceptors (Lipinski definition) is 3. The highest BCUT2D eigenvalue weighted by Crippen LogP contribution is 2.32. The van der Waals surface area contributed by atoms with E-state index in [-0.39, 0.29) is 24.2 Å². The van der Waals surface area contributed by atoms with E-state index in [2.05, 4.69) is 5.32 Å². The van der Waals surface area contributed by atoms with Crippen LogP contribution in [-0.4, -0.2) is 18.4 Å². The molecule has 0 bridgehead atoms. The van der Waals surface area contributed by atoms with Crippen molar-refractivity contribution in [3.8, 4) is 0 Å². The molecule has 4 aromatic rings. The molecule has 0 radical (unpaired) electrons. The lowest BCUT2D eigenvalue weighted by atomic mass is 10.1. The van der Waals surface area contributed by atoms with Crippen molar-refractivity contribution in [2.45, 2.75) is 20.3 Å². The van der Waals surface area contributed by atoms with Gasteiger partial charge in [-0.25, -0.2) is 0 Å². The quantitative estimate of drug-likeness (QED) is 0.516. The van der Waals surface area contributed by atoms with Crippen molar-refractivity contribution < 1.29 is 14.0 Å². The molecular weight excluding hydrogens is 376 g/mol. The maximum Gasteiger partial charge on any atom is 0.229 e. The highest BCUT2D eigenvalue weighted by molar-refractivity contribution is 6.07. The predicted molar refractivity (Wildman–Crippen MR) is 119 cm³/mol. The second kappa shape index (κ2) is 7.02. The summed E-state index contributed by atoms with van der Waals surface area (Å²) in [7, 11) is 0. The van der Waals surface area contributed by atoms with Crippen LogP contribution < -0.4 is 10.2 Å². The molecule has 0 aliphatic carbocycles. The average Bonchev–Trinajstić information content (AvgIpc) is 3.30. The van der Waals surface area contributed by atoms with Crippen LogP contribution in [0, 0.1) is 19.8 Å². The van der Waals surface area contributed by atoms with E-state index >= 15 is 0 Å². The summed E-state index contributed by atoms with van der Waals surface area (Å²) in [5.74, 6) is -0.549. The lowest BCUT2D eigenvalue weighted by Gasteiger charge is -2.20. The molecule has 1 aliphatic rings. The van der Waals surface area contributed by atoms with Crippen molar-refractivity contribution in [1.29, 1.82) is 0 Å². The van der Waals surface area contributed by atoms with E-state index in [0.717, 1.165) is 38.8 Å². The van der Waals surface area contributed by atoms with Gasteiger partial charge in [0, 0.05) is 41.2 Å². The fraction of sp³-hybridized carbons (Fsp3) is 0.200. The summed E-state index contributed by atoms with van der Waals surface area (Å²) >= 11 is 0. The van der Waals surface area contributed by atoms with E-state index in [4.69, 9.17) is 4.42 Å². The van der Waals surface area contributed by atoms with Crippen molar-refractivity contribution in [3.05, 3.63) is 71.8 Å². The number of para-hydroxylation sites is 1. The van der Waals surface area contributed by atoms with E-state index in [1.165, 1.54) is 0 Å². The maximum absolute atomic E-state index is 12.9. The second-order valence-corrected chi connectivity index (χ2v) is 7.92. The predicted octanol–water partition coefficient (Wildman–Crippen LogP) is 5.19. The van der Waals surface area contributed by atoms with Gasteiger partial charge in [-0.2, -0.15) is 0 Å². The number of carbonyl (C=O) groups is 2. The summed E-state index contributed by atoms with van der Waals surface area (Å²) in [6.45, 7) is 4.42. The van der Waals surface area contributed by atoms with Crippen LogP contribution in [0.1, 0.15) is 17.5 Å². The molecule has 30 heavy (non-hydrogen) atoms. The van der Waals surface area contributed by atoms with E-state index in [1.807, 2.05) is 74.5 Å². The summed E-state index contributed by atoms with van der Waals surface area (Å²) in [4.78, 5) is 27.2. The first-order chi connectivity index (χ1) is 14.5. The monoisotopic (exact) mass is 398 g/mol. The molecule has 0 saturated carbocycles. The molecule has 5 heteroatoms. The van der Waals surface area contributed by atoms with Gasteiger partial charge >= 0.3 is 0 Å². The lowest BCUT2D eigenvalue weighted by molar-refractivity contribution is -0.122. The number of nitrogens with zero attached hydrogens (tertiary/aromatic N) is 1. The summed E-state index contributed by atoms with van der Waals surface area (Å²) in [5, 5.41) is 5.03. The van der Waals surface area contributed by atoms with Gasteiger partial charge in [0.1, 0.15) is 11.2 Å². The average molecular weight is 398 g/mol.